The average Bonchev–Trinajstić information content (AvgIpc) is 3.26. The fourth-order valence-electron chi connectivity index (χ4n) is 4.97. The summed E-state index contributed by atoms with van der Waals surface area (Å²) < 4.78 is 8.37. The maximum absolute atomic E-state index is 13.7. The van der Waals surface area contributed by atoms with Crippen molar-refractivity contribution in [1.29, 1.82) is 0 Å². The van der Waals surface area contributed by atoms with E-state index in [0.29, 0.717) is 35.0 Å². The molecular formula is C26H35N3O4S. The lowest BCUT2D eigenvalue weighted by Crippen LogP contribution is -2.45. The molecule has 1 saturated heterocycles. The number of pyridine rings is 1. The predicted molar refractivity (Wildman–Crippen MR) is 138 cm³/mol. The minimum Gasteiger partial charge on any atom is -0.494 e. The third kappa shape index (κ3) is 4.72. The van der Waals surface area contributed by atoms with Gasteiger partial charge in [-0.2, -0.15) is 0 Å². The molecule has 1 fully saturated rings. The van der Waals surface area contributed by atoms with E-state index in [1.54, 1.807) is 0 Å². The zero-order valence-corrected chi connectivity index (χ0v) is 21.1. The number of hydrogen-bond donors (Lipinski definition) is 2. The van der Waals surface area contributed by atoms with Gasteiger partial charge in [0.1, 0.15) is 10.3 Å². The molecule has 0 saturated carbocycles. The Bertz CT molecular complexity index is 1210. The number of carbonyl (C=O) groups is 1. The van der Waals surface area contributed by atoms with E-state index in [-0.39, 0.29) is 24.1 Å². The summed E-state index contributed by atoms with van der Waals surface area (Å²) in [6.45, 7) is 7.47. The van der Waals surface area contributed by atoms with Crippen LogP contribution >= 0.6 is 11.3 Å². The number of aliphatic hydroxyl groups excluding tert-OH is 1. The second-order valence-electron chi connectivity index (χ2n) is 9.10. The zero-order valence-electron chi connectivity index (χ0n) is 20.3. The van der Waals surface area contributed by atoms with Crippen LogP contribution in [0.3, 0.4) is 0 Å². The molecule has 0 unspecified atom stereocenters. The van der Waals surface area contributed by atoms with Crippen molar-refractivity contribution in [3.63, 3.8) is 0 Å². The van der Waals surface area contributed by atoms with E-state index >= 15 is 0 Å². The van der Waals surface area contributed by atoms with Gasteiger partial charge < -0.3 is 24.6 Å². The van der Waals surface area contributed by atoms with Crippen LogP contribution in [0.15, 0.2) is 29.1 Å². The Morgan fingerprint density at radius 2 is 1.94 bits per heavy atom. The van der Waals surface area contributed by atoms with Gasteiger partial charge in [-0.05, 0) is 24.8 Å². The van der Waals surface area contributed by atoms with E-state index in [9.17, 15) is 9.59 Å². The first-order valence-electron chi connectivity index (χ1n) is 12.3. The van der Waals surface area contributed by atoms with Crippen LogP contribution in [0.2, 0.25) is 0 Å². The van der Waals surface area contributed by atoms with Gasteiger partial charge in [0.15, 0.2) is 5.75 Å². The van der Waals surface area contributed by atoms with Gasteiger partial charge in [-0.15, -0.1) is 11.3 Å². The van der Waals surface area contributed by atoms with Crippen molar-refractivity contribution in [3.05, 3.63) is 39.5 Å². The molecule has 1 amide bonds. The molecule has 184 valence electrons. The molecule has 0 bridgehead atoms. The number of likely N-dealkylation sites (tertiary alicyclic amines) is 1. The summed E-state index contributed by atoms with van der Waals surface area (Å²) in [4.78, 5) is 29.7. The molecule has 1 aliphatic heterocycles. The minimum atomic E-state index is -0.186. The lowest BCUT2D eigenvalue weighted by atomic mass is 10.0. The lowest BCUT2D eigenvalue weighted by molar-refractivity contribution is 0.0904. The lowest BCUT2D eigenvalue weighted by Gasteiger charge is -2.31. The summed E-state index contributed by atoms with van der Waals surface area (Å²) in [6, 6.07) is 8.01. The summed E-state index contributed by atoms with van der Waals surface area (Å²) in [6.07, 6.45) is 3.68. The Hall–Kier alpha value is -2.42. The number of methoxy groups -OCH3 is 1. The molecule has 0 radical (unpaired) electrons. The maximum Gasteiger partial charge on any atom is 0.265 e. The topological polar surface area (TPSA) is 83.8 Å². The van der Waals surface area contributed by atoms with Gasteiger partial charge in [0.05, 0.1) is 23.9 Å². The van der Waals surface area contributed by atoms with E-state index in [4.69, 9.17) is 9.84 Å². The first-order chi connectivity index (χ1) is 16.5. The molecule has 2 aromatic heterocycles. The number of rotatable bonds is 9. The van der Waals surface area contributed by atoms with Crippen LogP contribution in [0.4, 0.5) is 0 Å². The van der Waals surface area contributed by atoms with E-state index in [0.717, 1.165) is 54.4 Å². The number of piperidine rings is 1. The van der Waals surface area contributed by atoms with Crippen LogP contribution in [0.25, 0.3) is 21.0 Å². The predicted octanol–water partition coefficient (Wildman–Crippen LogP) is 3.85. The molecule has 3 heterocycles. The number of nitrogens with one attached hydrogen (secondary N) is 1. The molecule has 0 spiro atoms. The summed E-state index contributed by atoms with van der Waals surface area (Å²) in [5, 5.41) is 13.8. The van der Waals surface area contributed by atoms with Gasteiger partial charge in [-0.25, -0.2) is 0 Å². The van der Waals surface area contributed by atoms with Crippen LogP contribution in [-0.2, 0) is 6.54 Å². The van der Waals surface area contributed by atoms with Crippen molar-refractivity contribution < 1.29 is 14.6 Å². The molecule has 7 nitrogen and oxygen atoms in total. The molecule has 1 aliphatic rings. The third-order valence-electron chi connectivity index (χ3n) is 7.11. The first-order valence-corrected chi connectivity index (χ1v) is 13.1. The average molecular weight is 486 g/mol. The molecule has 0 aliphatic carbocycles. The molecule has 3 aromatic rings. The molecule has 0 atom stereocenters. The van der Waals surface area contributed by atoms with Crippen LogP contribution in [0.1, 0.15) is 49.2 Å². The Morgan fingerprint density at radius 1 is 1.24 bits per heavy atom. The van der Waals surface area contributed by atoms with Crippen molar-refractivity contribution in [3.8, 4) is 5.75 Å². The van der Waals surface area contributed by atoms with Crippen LogP contribution in [0, 0.1) is 5.92 Å². The maximum atomic E-state index is 13.7. The normalized spacial score (nSPS) is 15.4. The quantitative estimate of drug-likeness (QED) is 0.481. The van der Waals surface area contributed by atoms with Crippen LogP contribution < -0.4 is 15.6 Å². The number of amides is 1. The number of aromatic nitrogens is 1. The summed E-state index contributed by atoms with van der Waals surface area (Å²) >= 11 is 1.34. The fourth-order valence-corrected chi connectivity index (χ4v) is 6.17. The summed E-state index contributed by atoms with van der Waals surface area (Å²) in [5.74, 6) is 0.598. The van der Waals surface area contributed by atoms with Crippen molar-refractivity contribution in [2.75, 3.05) is 33.4 Å². The highest BCUT2D eigenvalue weighted by molar-refractivity contribution is 7.22. The second kappa shape index (κ2) is 10.9. The number of fused-ring (bicyclic) bond motifs is 3. The Labute approximate surface area is 204 Å². The monoisotopic (exact) mass is 485 g/mol. The van der Waals surface area contributed by atoms with Gasteiger partial charge in [0, 0.05) is 37.6 Å². The Balaban J connectivity index is 1.73. The number of ether oxygens (including phenoxy) is 1. The van der Waals surface area contributed by atoms with E-state index in [2.05, 4.69) is 24.1 Å². The highest BCUT2D eigenvalue weighted by Crippen LogP contribution is 2.39. The molecule has 8 heteroatoms. The van der Waals surface area contributed by atoms with E-state index in [1.165, 1.54) is 18.4 Å². The minimum absolute atomic E-state index is 0.0700. The van der Waals surface area contributed by atoms with Crippen molar-refractivity contribution in [2.24, 2.45) is 5.92 Å². The second-order valence-corrected chi connectivity index (χ2v) is 10.1. The highest BCUT2D eigenvalue weighted by Gasteiger charge is 2.27. The number of para-hydroxylation sites is 1. The summed E-state index contributed by atoms with van der Waals surface area (Å²) in [7, 11) is 1.53. The molecule has 34 heavy (non-hydrogen) atoms. The van der Waals surface area contributed by atoms with Crippen molar-refractivity contribution in [1.82, 2.24) is 14.8 Å². The fraction of sp³-hybridized carbons (Fsp3) is 0.538. The third-order valence-corrected chi connectivity index (χ3v) is 8.31. The highest BCUT2D eigenvalue weighted by atomic mass is 32.1. The van der Waals surface area contributed by atoms with Gasteiger partial charge >= 0.3 is 0 Å². The summed E-state index contributed by atoms with van der Waals surface area (Å²) in [5.41, 5.74) is 0.809. The smallest absolute Gasteiger partial charge is 0.265 e. The zero-order chi connectivity index (χ0) is 24.2. The molecule has 4 rings (SSSR count). The van der Waals surface area contributed by atoms with Crippen LogP contribution in [-0.4, -0.2) is 59.9 Å². The first kappa shape index (κ1) is 24.7. The molecular weight excluding hydrogens is 450 g/mol. The van der Waals surface area contributed by atoms with Crippen molar-refractivity contribution >= 4 is 38.2 Å². The number of thiophene rings is 1. The largest absolute Gasteiger partial charge is 0.494 e. The number of aliphatic hydroxyl groups is 1. The van der Waals surface area contributed by atoms with Gasteiger partial charge in [0.25, 0.3) is 11.5 Å². The number of nitrogens with zero attached hydrogens (tertiary/aromatic N) is 2. The number of hydrogen-bond acceptors (Lipinski definition) is 6. The van der Waals surface area contributed by atoms with Crippen molar-refractivity contribution in [2.45, 2.75) is 52.1 Å². The number of benzene rings is 1. The van der Waals surface area contributed by atoms with E-state index < -0.39 is 0 Å². The van der Waals surface area contributed by atoms with Gasteiger partial charge in [-0.1, -0.05) is 44.9 Å². The SMILES string of the molecule is CCC(CC)Cn1c(=O)c2c(OC)c(C(=O)NC3CCN(CCO)CC3)sc2c2ccccc21. The molecule has 1 aromatic carbocycles. The van der Waals surface area contributed by atoms with Gasteiger partial charge in [-0.3, -0.25) is 9.59 Å². The van der Waals surface area contributed by atoms with Gasteiger partial charge in [0.2, 0.25) is 0 Å². The Morgan fingerprint density at radius 3 is 2.59 bits per heavy atom. The molecule has 2 N–H and O–H groups in total. The van der Waals surface area contributed by atoms with E-state index in [1.807, 2.05) is 28.8 Å². The number of β-amino-alcohol motifs (C(OH)–C–C–N with tert-alkyl or cyclic N) is 1. The standard InChI is InChI=1S/C26H35N3O4S/c1-4-17(5-2)16-29-20-9-7-6-8-19(20)23-21(26(29)32)22(33-3)24(34-23)25(31)27-18-10-12-28(13-11-18)14-15-30/h6-9,17-18,30H,4-5,10-16H2,1-3H3,(H,27,31). The number of carbonyl (C=O) groups excluding carboxylic acids is 1. The Kier molecular flexibility index (Phi) is 7.91. The van der Waals surface area contributed by atoms with Crippen LogP contribution in [0.5, 0.6) is 5.75 Å².